The highest BCUT2D eigenvalue weighted by molar-refractivity contribution is 5.51. The van der Waals surface area contributed by atoms with Crippen LogP contribution in [0.3, 0.4) is 0 Å². The van der Waals surface area contributed by atoms with Gasteiger partial charge in [0.1, 0.15) is 17.1 Å². The fourth-order valence-electron chi connectivity index (χ4n) is 3.38. The largest absolute Gasteiger partial charge is 0.496 e. The minimum atomic E-state index is -1.06. The van der Waals surface area contributed by atoms with Crippen LogP contribution in [0.15, 0.2) is 12.1 Å². The molecular formula is C16H22O5. The first-order chi connectivity index (χ1) is 10.0. The van der Waals surface area contributed by atoms with E-state index in [4.69, 9.17) is 18.9 Å². The summed E-state index contributed by atoms with van der Waals surface area (Å²) in [6.07, 6.45) is 1.70. The van der Waals surface area contributed by atoms with Crippen molar-refractivity contribution in [2.24, 2.45) is 0 Å². The van der Waals surface area contributed by atoms with E-state index in [0.717, 1.165) is 22.6 Å². The lowest BCUT2D eigenvalue weighted by Crippen LogP contribution is -2.56. The Hall–Kier alpha value is -1.30. The van der Waals surface area contributed by atoms with Gasteiger partial charge in [-0.3, -0.25) is 0 Å². The van der Waals surface area contributed by atoms with Crippen LogP contribution in [0.4, 0.5) is 0 Å². The van der Waals surface area contributed by atoms with Gasteiger partial charge in [-0.1, -0.05) is 0 Å². The molecule has 1 heterocycles. The van der Waals surface area contributed by atoms with Crippen LogP contribution in [0.5, 0.6) is 11.5 Å². The second-order valence-electron chi connectivity index (χ2n) is 5.78. The van der Waals surface area contributed by atoms with Gasteiger partial charge < -0.3 is 24.1 Å². The number of rotatable bonds is 3. The maximum atomic E-state index is 11.1. The summed E-state index contributed by atoms with van der Waals surface area (Å²) in [5.74, 6) is 0.649. The molecule has 0 bridgehead atoms. The molecule has 0 aromatic heterocycles. The second-order valence-corrected chi connectivity index (χ2v) is 5.78. The monoisotopic (exact) mass is 294 g/mol. The van der Waals surface area contributed by atoms with Crippen molar-refractivity contribution in [3.63, 3.8) is 0 Å². The first-order valence-corrected chi connectivity index (χ1v) is 7.26. The Morgan fingerprint density at radius 3 is 2.19 bits per heavy atom. The predicted octanol–water partition coefficient (Wildman–Crippen LogP) is 1.69. The van der Waals surface area contributed by atoms with Crippen LogP contribution < -0.4 is 9.47 Å². The predicted molar refractivity (Wildman–Crippen MR) is 76.8 cm³/mol. The minimum absolute atomic E-state index is 0.430. The minimum Gasteiger partial charge on any atom is -0.496 e. The highest BCUT2D eigenvalue weighted by Crippen LogP contribution is 2.45. The van der Waals surface area contributed by atoms with Crippen LogP contribution in [0.1, 0.15) is 24.5 Å². The third kappa shape index (κ3) is 2.20. The van der Waals surface area contributed by atoms with E-state index in [1.165, 1.54) is 0 Å². The van der Waals surface area contributed by atoms with Crippen molar-refractivity contribution in [1.82, 2.24) is 0 Å². The molecule has 1 aromatic carbocycles. The van der Waals surface area contributed by atoms with Gasteiger partial charge in [0.25, 0.3) is 0 Å². The number of fused-ring (bicyclic) bond motifs is 1. The molecule has 0 unspecified atom stereocenters. The van der Waals surface area contributed by atoms with E-state index >= 15 is 0 Å². The summed E-state index contributed by atoms with van der Waals surface area (Å²) in [6.45, 7) is 2.85. The summed E-state index contributed by atoms with van der Waals surface area (Å²) >= 11 is 0. The average molecular weight is 294 g/mol. The number of methoxy groups -OCH3 is 2. The SMILES string of the molecule is COc1ccc(OC)c2c1CC[C@@](O)(C1(C)OCCO1)C2. The highest BCUT2D eigenvalue weighted by Gasteiger charge is 2.53. The summed E-state index contributed by atoms with van der Waals surface area (Å²) in [5, 5.41) is 11.1. The maximum Gasteiger partial charge on any atom is 0.194 e. The quantitative estimate of drug-likeness (QED) is 0.919. The standard InChI is InChI=1S/C16H22O5/c1-15(20-8-9-21-15)16(17)7-6-11-12(10-16)14(19-3)5-4-13(11)18-2/h4-5,17H,6-10H2,1-3H3/t16-/m0/s1. The normalized spacial score (nSPS) is 27.2. The van der Waals surface area contributed by atoms with E-state index in [1.807, 2.05) is 19.1 Å². The molecule has 2 aliphatic rings. The fourth-order valence-corrected chi connectivity index (χ4v) is 3.38. The molecule has 0 amide bonds. The molecule has 5 heteroatoms. The number of hydrogen-bond donors (Lipinski definition) is 1. The summed E-state index contributed by atoms with van der Waals surface area (Å²) in [5.41, 5.74) is 1.02. The fraction of sp³-hybridized carbons (Fsp3) is 0.625. The van der Waals surface area contributed by atoms with E-state index < -0.39 is 11.4 Å². The van der Waals surface area contributed by atoms with Gasteiger partial charge >= 0.3 is 0 Å². The second kappa shape index (κ2) is 5.16. The summed E-state index contributed by atoms with van der Waals surface area (Å²) in [4.78, 5) is 0. The molecule has 1 fully saturated rings. The van der Waals surface area contributed by atoms with Crippen LogP contribution in [-0.2, 0) is 22.3 Å². The molecule has 1 aliphatic heterocycles. The maximum absolute atomic E-state index is 11.1. The number of ether oxygens (including phenoxy) is 4. The Morgan fingerprint density at radius 1 is 1.05 bits per heavy atom. The van der Waals surface area contributed by atoms with Gasteiger partial charge in [0, 0.05) is 17.5 Å². The molecule has 116 valence electrons. The van der Waals surface area contributed by atoms with Crippen molar-refractivity contribution >= 4 is 0 Å². The van der Waals surface area contributed by atoms with Crippen LogP contribution in [0.25, 0.3) is 0 Å². The first-order valence-electron chi connectivity index (χ1n) is 7.26. The third-order valence-corrected chi connectivity index (χ3v) is 4.73. The molecule has 1 aliphatic carbocycles. The third-order valence-electron chi connectivity index (χ3n) is 4.73. The van der Waals surface area contributed by atoms with E-state index in [9.17, 15) is 5.11 Å². The van der Waals surface area contributed by atoms with Crippen LogP contribution >= 0.6 is 0 Å². The van der Waals surface area contributed by atoms with Gasteiger partial charge in [0.05, 0.1) is 27.4 Å². The Balaban J connectivity index is 2.01. The van der Waals surface area contributed by atoms with Crippen molar-refractivity contribution < 1.29 is 24.1 Å². The van der Waals surface area contributed by atoms with Crippen molar-refractivity contribution in [1.29, 1.82) is 0 Å². The van der Waals surface area contributed by atoms with Crippen molar-refractivity contribution in [3.8, 4) is 11.5 Å². The lowest BCUT2D eigenvalue weighted by molar-refractivity contribution is -0.262. The molecule has 3 rings (SSSR count). The van der Waals surface area contributed by atoms with Crippen molar-refractivity contribution in [2.75, 3.05) is 27.4 Å². The van der Waals surface area contributed by atoms with Gasteiger partial charge in [0.2, 0.25) is 0 Å². The molecular weight excluding hydrogens is 272 g/mol. The number of aliphatic hydroxyl groups is 1. The average Bonchev–Trinajstić information content (AvgIpc) is 2.94. The summed E-state index contributed by atoms with van der Waals surface area (Å²) in [7, 11) is 3.30. The van der Waals surface area contributed by atoms with Crippen molar-refractivity contribution in [2.45, 2.75) is 37.6 Å². The van der Waals surface area contributed by atoms with Gasteiger partial charge in [-0.05, 0) is 31.9 Å². The molecule has 5 nitrogen and oxygen atoms in total. The van der Waals surface area contributed by atoms with E-state index in [0.29, 0.717) is 32.5 Å². The molecule has 1 saturated heterocycles. The number of hydrogen-bond acceptors (Lipinski definition) is 5. The van der Waals surface area contributed by atoms with E-state index in [1.54, 1.807) is 14.2 Å². The zero-order valence-corrected chi connectivity index (χ0v) is 12.8. The Labute approximate surface area is 124 Å². The molecule has 0 spiro atoms. The van der Waals surface area contributed by atoms with Gasteiger partial charge in [0.15, 0.2) is 5.79 Å². The zero-order valence-electron chi connectivity index (χ0n) is 12.8. The van der Waals surface area contributed by atoms with E-state index in [-0.39, 0.29) is 0 Å². The van der Waals surface area contributed by atoms with Gasteiger partial charge in [-0.15, -0.1) is 0 Å². The summed E-state index contributed by atoms with van der Waals surface area (Å²) in [6, 6.07) is 3.79. The molecule has 21 heavy (non-hydrogen) atoms. The van der Waals surface area contributed by atoms with Gasteiger partial charge in [-0.25, -0.2) is 0 Å². The van der Waals surface area contributed by atoms with Crippen molar-refractivity contribution in [3.05, 3.63) is 23.3 Å². The van der Waals surface area contributed by atoms with Crippen LogP contribution in [-0.4, -0.2) is 43.9 Å². The Morgan fingerprint density at radius 2 is 1.62 bits per heavy atom. The zero-order chi connectivity index (χ0) is 15.1. The molecule has 1 aromatic rings. The highest BCUT2D eigenvalue weighted by atomic mass is 16.7. The van der Waals surface area contributed by atoms with Gasteiger partial charge in [-0.2, -0.15) is 0 Å². The molecule has 1 atom stereocenters. The Bertz CT molecular complexity index is 536. The number of benzene rings is 1. The molecule has 1 N–H and O–H groups in total. The Kier molecular flexibility index (Phi) is 3.59. The van der Waals surface area contributed by atoms with Crippen LogP contribution in [0.2, 0.25) is 0 Å². The smallest absolute Gasteiger partial charge is 0.194 e. The molecule has 0 radical (unpaired) electrons. The molecule has 0 saturated carbocycles. The summed E-state index contributed by atoms with van der Waals surface area (Å²) < 4.78 is 22.3. The van der Waals surface area contributed by atoms with Crippen LogP contribution in [0, 0.1) is 0 Å². The lowest BCUT2D eigenvalue weighted by atomic mass is 9.75. The van der Waals surface area contributed by atoms with E-state index in [2.05, 4.69) is 0 Å². The first kappa shape index (κ1) is 14.6. The lowest BCUT2D eigenvalue weighted by Gasteiger charge is -2.44. The topological polar surface area (TPSA) is 57.2 Å².